The van der Waals surface area contributed by atoms with E-state index in [0.29, 0.717) is 11.4 Å². The van der Waals surface area contributed by atoms with Crippen LogP contribution in [0, 0.1) is 18.3 Å². The van der Waals surface area contributed by atoms with Gasteiger partial charge in [0.1, 0.15) is 11.6 Å². The van der Waals surface area contributed by atoms with Gasteiger partial charge in [0.2, 0.25) is 0 Å². The fourth-order valence-corrected chi connectivity index (χ4v) is 2.21. The summed E-state index contributed by atoms with van der Waals surface area (Å²) in [5.41, 5.74) is 8.38. The number of ether oxygens (including phenoxy) is 1. The van der Waals surface area contributed by atoms with E-state index in [2.05, 4.69) is 5.43 Å². The van der Waals surface area contributed by atoms with Crippen LogP contribution in [0.5, 0.6) is 0 Å². The molecule has 0 aliphatic carbocycles. The number of carbonyl (C=O) groups is 2. The number of rotatable bonds is 3. The first-order valence-electron chi connectivity index (χ1n) is 6.54. The molecule has 0 fully saturated rings. The first-order chi connectivity index (χ1) is 9.65. The number of esters is 1. The van der Waals surface area contributed by atoms with E-state index in [1.807, 2.05) is 26.8 Å². The summed E-state index contributed by atoms with van der Waals surface area (Å²) < 4.78 is 6.37. The Morgan fingerprint density at radius 2 is 2.00 bits per heavy atom. The van der Waals surface area contributed by atoms with Crippen LogP contribution in [0.3, 0.4) is 0 Å². The minimum absolute atomic E-state index is 0.151. The average molecular weight is 292 g/mol. The van der Waals surface area contributed by atoms with Crippen LogP contribution in [0.4, 0.5) is 4.79 Å². The SMILES string of the molecule is CCOC(=O)c1c(C#N)c(C(C)(C)C)n(NC(N)=O)c1C. The molecule has 1 aromatic rings. The molecule has 1 heterocycles. The van der Waals surface area contributed by atoms with Gasteiger partial charge in [-0.25, -0.2) is 15.0 Å². The van der Waals surface area contributed by atoms with Crippen LogP contribution < -0.4 is 11.2 Å². The molecule has 2 amide bonds. The normalized spacial score (nSPS) is 10.9. The van der Waals surface area contributed by atoms with Crippen LogP contribution in [0.15, 0.2) is 0 Å². The number of nitriles is 1. The molecule has 3 N–H and O–H groups in total. The molecule has 7 heteroatoms. The molecule has 0 atom stereocenters. The second-order valence-corrected chi connectivity index (χ2v) is 5.58. The third-order valence-corrected chi connectivity index (χ3v) is 2.93. The number of hydrogen-bond donors (Lipinski definition) is 2. The highest BCUT2D eigenvalue weighted by atomic mass is 16.5. The molecule has 0 aromatic carbocycles. The van der Waals surface area contributed by atoms with Crippen molar-refractivity contribution in [1.82, 2.24) is 4.68 Å². The van der Waals surface area contributed by atoms with Gasteiger partial charge < -0.3 is 10.5 Å². The predicted octanol–water partition coefficient (Wildman–Crippen LogP) is 1.76. The number of nitrogens with zero attached hydrogens (tertiary/aromatic N) is 2. The Balaban J connectivity index is 3.69. The molecule has 0 bridgehead atoms. The number of hydrogen-bond acceptors (Lipinski definition) is 4. The smallest absolute Gasteiger partial charge is 0.341 e. The summed E-state index contributed by atoms with van der Waals surface area (Å²) in [5, 5.41) is 9.44. The summed E-state index contributed by atoms with van der Waals surface area (Å²) in [4.78, 5) is 23.3. The quantitative estimate of drug-likeness (QED) is 0.827. The van der Waals surface area contributed by atoms with Crippen molar-refractivity contribution in [3.8, 4) is 6.07 Å². The highest BCUT2D eigenvalue weighted by molar-refractivity contribution is 5.95. The second-order valence-electron chi connectivity index (χ2n) is 5.58. The Morgan fingerprint density at radius 1 is 1.43 bits per heavy atom. The largest absolute Gasteiger partial charge is 0.462 e. The minimum atomic E-state index is -0.779. The lowest BCUT2D eigenvalue weighted by Gasteiger charge is -2.22. The maximum Gasteiger partial charge on any atom is 0.341 e. The summed E-state index contributed by atoms with van der Waals surface area (Å²) in [5.74, 6) is -0.595. The van der Waals surface area contributed by atoms with Crippen LogP contribution in [-0.4, -0.2) is 23.3 Å². The Labute approximate surface area is 123 Å². The monoisotopic (exact) mass is 292 g/mol. The molecule has 0 saturated heterocycles. The molecule has 1 aromatic heterocycles. The summed E-state index contributed by atoms with van der Waals surface area (Å²) in [7, 11) is 0. The fraction of sp³-hybridized carbons (Fsp3) is 0.500. The molecule has 114 valence electrons. The maximum atomic E-state index is 12.1. The van der Waals surface area contributed by atoms with Crippen molar-refractivity contribution in [3.63, 3.8) is 0 Å². The number of primary amides is 1. The maximum absolute atomic E-state index is 12.1. The molecule has 0 unspecified atom stereocenters. The fourth-order valence-electron chi connectivity index (χ4n) is 2.21. The first kappa shape index (κ1) is 16.6. The highest BCUT2D eigenvalue weighted by Crippen LogP contribution is 2.31. The molecule has 1 rings (SSSR count). The van der Waals surface area contributed by atoms with Crippen molar-refractivity contribution >= 4 is 12.0 Å². The lowest BCUT2D eigenvalue weighted by molar-refractivity contribution is 0.0525. The number of nitrogens with two attached hydrogens (primary N) is 1. The van der Waals surface area contributed by atoms with Gasteiger partial charge in [0, 0.05) is 5.41 Å². The molecular formula is C14H20N4O3. The molecule has 0 spiro atoms. The van der Waals surface area contributed by atoms with Crippen LogP contribution >= 0.6 is 0 Å². The van der Waals surface area contributed by atoms with Crippen LogP contribution in [0.2, 0.25) is 0 Å². The van der Waals surface area contributed by atoms with Crippen LogP contribution in [-0.2, 0) is 10.2 Å². The third kappa shape index (κ3) is 3.16. The van der Waals surface area contributed by atoms with Crippen molar-refractivity contribution in [2.24, 2.45) is 5.73 Å². The number of urea groups is 1. The van der Waals surface area contributed by atoms with E-state index in [-0.39, 0.29) is 17.7 Å². The molecule has 7 nitrogen and oxygen atoms in total. The zero-order chi connectivity index (χ0) is 16.4. The lowest BCUT2D eigenvalue weighted by atomic mass is 9.89. The summed E-state index contributed by atoms with van der Waals surface area (Å²) >= 11 is 0. The first-order valence-corrected chi connectivity index (χ1v) is 6.54. The molecular weight excluding hydrogens is 272 g/mol. The Kier molecular flexibility index (Phi) is 4.63. The number of aromatic nitrogens is 1. The van der Waals surface area contributed by atoms with Crippen molar-refractivity contribution in [2.75, 3.05) is 12.0 Å². The molecule has 21 heavy (non-hydrogen) atoms. The molecule has 0 aliphatic rings. The molecule has 0 aliphatic heterocycles. The van der Waals surface area contributed by atoms with E-state index in [0.717, 1.165) is 0 Å². The van der Waals surface area contributed by atoms with Crippen LogP contribution in [0.25, 0.3) is 0 Å². The lowest BCUT2D eigenvalue weighted by Crippen LogP contribution is -2.33. The van der Waals surface area contributed by atoms with Gasteiger partial charge in [0.15, 0.2) is 0 Å². The van der Waals surface area contributed by atoms with Crippen molar-refractivity contribution in [2.45, 2.75) is 40.0 Å². The number of nitrogens with one attached hydrogen (secondary N) is 1. The Morgan fingerprint density at radius 3 is 2.38 bits per heavy atom. The minimum Gasteiger partial charge on any atom is -0.462 e. The third-order valence-electron chi connectivity index (χ3n) is 2.93. The number of amides is 2. The predicted molar refractivity (Wildman–Crippen MR) is 77.5 cm³/mol. The second kappa shape index (κ2) is 5.87. The van der Waals surface area contributed by atoms with Gasteiger partial charge in [-0.3, -0.25) is 4.68 Å². The highest BCUT2D eigenvalue weighted by Gasteiger charge is 2.32. The summed E-state index contributed by atoms with van der Waals surface area (Å²) in [6.07, 6.45) is 0. The van der Waals surface area contributed by atoms with Crippen molar-refractivity contribution < 1.29 is 14.3 Å². The van der Waals surface area contributed by atoms with E-state index in [1.165, 1.54) is 4.68 Å². The van der Waals surface area contributed by atoms with Gasteiger partial charge in [-0.1, -0.05) is 20.8 Å². The van der Waals surface area contributed by atoms with E-state index >= 15 is 0 Å². The van der Waals surface area contributed by atoms with Crippen molar-refractivity contribution in [3.05, 3.63) is 22.5 Å². The average Bonchev–Trinajstić information content (AvgIpc) is 2.61. The topological polar surface area (TPSA) is 110 Å². The molecule has 0 radical (unpaired) electrons. The summed E-state index contributed by atoms with van der Waals surface area (Å²) in [6, 6.07) is 1.25. The van der Waals surface area contributed by atoms with Gasteiger partial charge in [-0.2, -0.15) is 5.26 Å². The van der Waals surface area contributed by atoms with E-state index < -0.39 is 17.4 Å². The van der Waals surface area contributed by atoms with Gasteiger partial charge in [0.25, 0.3) is 0 Å². The molecule has 0 saturated carbocycles. The van der Waals surface area contributed by atoms with Gasteiger partial charge in [0.05, 0.1) is 23.6 Å². The van der Waals surface area contributed by atoms with E-state index in [4.69, 9.17) is 10.5 Å². The van der Waals surface area contributed by atoms with E-state index in [1.54, 1.807) is 13.8 Å². The van der Waals surface area contributed by atoms with Gasteiger partial charge in [-0.15, -0.1) is 0 Å². The zero-order valence-corrected chi connectivity index (χ0v) is 12.9. The Bertz CT molecular complexity index is 618. The Hall–Kier alpha value is -2.49. The number of carbonyl (C=O) groups excluding carboxylic acids is 2. The summed E-state index contributed by atoms with van der Waals surface area (Å²) in [6.45, 7) is 9.12. The van der Waals surface area contributed by atoms with Crippen LogP contribution in [0.1, 0.15) is 55.0 Å². The zero-order valence-electron chi connectivity index (χ0n) is 12.9. The van der Waals surface area contributed by atoms with Gasteiger partial charge in [-0.05, 0) is 13.8 Å². The van der Waals surface area contributed by atoms with E-state index in [9.17, 15) is 14.9 Å². The standard InChI is InChI=1S/C14H20N4O3/c1-6-21-12(19)10-8(2)18(17-13(16)20)11(9(10)7-15)14(3,4)5/h6H2,1-5H3,(H3,16,17,20). The van der Waals surface area contributed by atoms with Crippen molar-refractivity contribution in [1.29, 1.82) is 5.26 Å². The van der Waals surface area contributed by atoms with Gasteiger partial charge >= 0.3 is 12.0 Å².